The summed E-state index contributed by atoms with van der Waals surface area (Å²) in [5.74, 6) is 0.519. The van der Waals surface area contributed by atoms with Gasteiger partial charge in [0, 0.05) is 25.1 Å². The Balaban J connectivity index is 2.50. The molecule has 0 saturated carbocycles. The Morgan fingerprint density at radius 2 is 2.23 bits per heavy atom. The smallest absolute Gasteiger partial charge is 0.141 e. The molecule has 70 valence electrons. The molecule has 0 saturated heterocycles. The van der Waals surface area contributed by atoms with E-state index >= 15 is 0 Å². The number of carbonyl (C=O) groups excluding carboxylic acids is 1. The topological polar surface area (TPSA) is 34.9 Å². The van der Waals surface area contributed by atoms with Crippen LogP contribution in [0.15, 0.2) is 0 Å². The average molecular weight is 178 g/mol. The van der Waals surface area contributed by atoms with Crippen LogP contribution in [0, 0.1) is 12.8 Å². The Bertz CT molecular complexity index is 365. The summed E-state index contributed by atoms with van der Waals surface area (Å²) in [6.45, 7) is 4.01. The molecule has 1 atom stereocenters. The molecule has 0 radical (unpaired) electrons. The van der Waals surface area contributed by atoms with Crippen LogP contribution >= 0.6 is 0 Å². The van der Waals surface area contributed by atoms with Crippen LogP contribution in [0.3, 0.4) is 0 Å². The molecule has 2 rings (SSSR count). The van der Waals surface area contributed by atoms with Crippen LogP contribution in [0.4, 0.5) is 0 Å². The van der Waals surface area contributed by atoms with Crippen molar-refractivity contribution in [1.29, 1.82) is 0 Å². The highest BCUT2D eigenvalue weighted by atomic mass is 16.1. The van der Waals surface area contributed by atoms with E-state index in [1.807, 2.05) is 25.6 Å². The summed E-state index contributed by atoms with van der Waals surface area (Å²) in [6, 6.07) is 0. The summed E-state index contributed by atoms with van der Waals surface area (Å²) in [5.41, 5.74) is 3.48. The number of fused-ring (bicyclic) bond motifs is 1. The molecule has 0 fully saturated rings. The van der Waals surface area contributed by atoms with E-state index in [1.165, 1.54) is 5.56 Å². The van der Waals surface area contributed by atoms with E-state index in [-0.39, 0.29) is 5.92 Å². The first-order valence-electron chi connectivity index (χ1n) is 4.63. The minimum Gasteiger partial charge on any atom is -0.299 e. The van der Waals surface area contributed by atoms with Crippen LogP contribution in [0.5, 0.6) is 0 Å². The van der Waals surface area contributed by atoms with Gasteiger partial charge >= 0.3 is 0 Å². The predicted molar refractivity (Wildman–Crippen MR) is 49.5 cm³/mol. The number of rotatable bonds is 0. The van der Waals surface area contributed by atoms with E-state index in [0.717, 1.165) is 17.8 Å². The lowest BCUT2D eigenvalue weighted by atomic mass is 9.87. The summed E-state index contributed by atoms with van der Waals surface area (Å²) in [7, 11) is 1.91. The normalized spacial score (nSPS) is 21.8. The summed E-state index contributed by atoms with van der Waals surface area (Å²) < 4.78 is 1.84. The lowest BCUT2D eigenvalue weighted by Gasteiger charge is -2.17. The highest BCUT2D eigenvalue weighted by Crippen LogP contribution is 2.24. The summed E-state index contributed by atoms with van der Waals surface area (Å²) in [6.07, 6.45) is 1.43. The van der Waals surface area contributed by atoms with Gasteiger partial charge in [0.05, 0.1) is 5.69 Å². The molecule has 1 aromatic heterocycles. The van der Waals surface area contributed by atoms with Crippen molar-refractivity contribution in [2.45, 2.75) is 26.7 Å². The van der Waals surface area contributed by atoms with E-state index < -0.39 is 0 Å². The van der Waals surface area contributed by atoms with Gasteiger partial charge in [-0.3, -0.25) is 9.48 Å². The van der Waals surface area contributed by atoms with Crippen molar-refractivity contribution in [2.24, 2.45) is 13.0 Å². The first-order valence-corrected chi connectivity index (χ1v) is 4.63. The van der Waals surface area contributed by atoms with Crippen LogP contribution in [-0.4, -0.2) is 15.6 Å². The number of ketones is 1. The zero-order valence-corrected chi connectivity index (χ0v) is 8.29. The minimum atomic E-state index is 0.176. The SMILES string of the molecule is Cc1nn(C)c2c1CC(C)C(=O)C2. The van der Waals surface area contributed by atoms with Crippen LogP contribution in [0.1, 0.15) is 23.9 Å². The van der Waals surface area contributed by atoms with E-state index in [1.54, 1.807) is 0 Å². The number of nitrogens with zero attached hydrogens (tertiary/aromatic N) is 2. The van der Waals surface area contributed by atoms with Gasteiger partial charge in [-0.25, -0.2) is 0 Å². The number of hydrogen-bond donors (Lipinski definition) is 0. The van der Waals surface area contributed by atoms with Gasteiger partial charge in [-0.2, -0.15) is 5.10 Å². The fraction of sp³-hybridized carbons (Fsp3) is 0.600. The first-order chi connectivity index (χ1) is 6.09. The van der Waals surface area contributed by atoms with Gasteiger partial charge in [-0.1, -0.05) is 6.92 Å². The number of Topliss-reactive ketones (excluding diaryl/α,β-unsaturated/α-hetero) is 1. The number of aryl methyl sites for hydroxylation is 2. The maximum absolute atomic E-state index is 11.5. The summed E-state index contributed by atoms with van der Waals surface area (Å²) in [4.78, 5) is 11.5. The molecular weight excluding hydrogens is 164 g/mol. The Hall–Kier alpha value is -1.12. The largest absolute Gasteiger partial charge is 0.299 e. The number of aromatic nitrogens is 2. The highest BCUT2D eigenvalue weighted by Gasteiger charge is 2.26. The van der Waals surface area contributed by atoms with Crippen molar-refractivity contribution >= 4 is 5.78 Å². The second-order valence-corrected chi connectivity index (χ2v) is 3.88. The fourth-order valence-electron chi connectivity index (χ4n) is 2.00. The molecular formula is C10H14N2O. The van der Waals surface area contributed by atoms with Crippen molar-refractivity contribution < 1.29 is 4.79 Å². The third-order valence-corrected chi connectivity index (χ3v) is 2.88. The van der Waals surface area contributed by atoms with Crippen LogP contribution in [-0.2, 0) is 24.7 Å². The van der Waals surface area contributed by atoms with Gasteiger partial charge in [0.1, 0.15) is 5.78 Å². The molecule has 0 amide bonds. The third-order valence-electron chi connectivity index (χ3n) is 2.88. The molecule has 1 aliphatic carbocycles. The van der Waals surface area contributed by atoms with Crippen molar-refractivity contribution in [3.05, 3.63) is 17.0 Å². The van der Waals surface area contributed by atoms with Crippen molar-refractivity contribution in [1.82, 2.24) is 9.78 Å². The first kappa shape index (κ1) is 8.48. The minimum absolute atomic E-state index is 0.176. The third kappa shape index (κ3) is 1.19. The number of carbonyl (C=O) groups is 1. The quantitative estimate of drug-likeness (QED) is 0.594. The molecule has 1 aliphatic rings. The lowest BCUT2D eigenvalue weighted by Crippen LogP contribution is -2.23. The molecule has 0 aromatic carbocycles. The summed E-state index contributed by atoms with van der Waals surface area (Å²) >= 11 is 0. The fourth-order valence-corrected chi connectivity index (χ4v) is 2.00. The second kappa shape index (κ2) is 2.69. The molecule has 3 nitrogen and oxygen atoms in total. The van der Waals surface area contributed by atoms with Crippen LogP contribution in [0.2, 0.25) is 0 Å². The maximum atomic E-state index is 11.5. The van der Waals surface area contributed by atoms with Crippen molar-refractivity contribution in [3.8, 4) is 0 Å². The van der Waals surface area contributed by atoms with Gasteiger partial charge in [0.15, 0.2) is 0 Å². The average Bonchev–Trinajstić information content (AvgIpc) is 2.31. The van der Waals surface area contributed by atoms with E-state index in [0.29, 0.717) is 12.2 Å². The van der Waals surface area contributed by atoms with Crippen LogP contribution in [0.25, 0.3) is 0 Å². The maximum Gasteiger partial charge on any atom is 0.141 e. The molecule has 0 spiro atoms. The molecule has 13 heavy (non-hydrogen) atoms. The van der Waals surface area contributed by atoms with E-state index in [2.05, 4.69) is 5.10 Å². The Kier molecular flexibility index (Phi) is 1.75. The zero-order valence-electron chi connectivity index (χ0n) is 8.29. The Morgan fingerprint density at radius 1 is 1.54 bits per heavy atom. The number of hydrogen-bond acceptors (Lipinski definition) is 2. The van der Waals surface area contributed by atoms with E-state index in [4.69, 9.17) is 0 Å². The zero-order chi connectivity index (χ0) is 9.59. The summed E-state index contributed by atoms with van der Waals surface area (Å²) in [5, 5.41) is 4.33. The molecule has 0 aliphatic heterocycles. The predicted octanol–water partition coefficient (Wildman–Crippen LogP) is 1.03. The van der Waals surface area contributed by atoms with Gasteiger partial charge in [-0.05, 0) is 18.9 Å². The van der Waals surface area contributed by atoms with Gasteiger partial charge in [-0.15, -0.1) is 0 Å². The van der Waals surface area contributed by atoms with E-state index in [9.17, 15) is 4.79 Å². The lowest BCUT2D eigenvalue weighted by molar-refractivity contribution is -0.122. The van der Waals surface area contributed by atoms with Crippen LogP contribution < -0.4 is 0 Å². The van der Waals surface area contributed by atoms with Crippen molar-refractivity contribution in [2.75, 3.05) is 0 Å². The van der Waals surface area contributed by atoms with Gasteiger partial charge < -0.3 is 0 Å². The Morgan fingerprint density at radius 3 is 2.92 bits per heavy atom. The Labute approximate surface area is 77.7 Å². The molecule has 3 heteroatoms. The molecule has 1 aromatic rings. The highest BCUT2D eigenvalue weighted by molar-refractivity contribution is 5.85. The second-order valence-electron chi connectivity index (χ2n) is 3.88. The van der Waals surface area contributed by atoms with Gasteiger partial charge in [0.25, 0.3) is 0 Å². The monoisotopic (exact) mass is 178 g/mol. The molecule has 0 N–H and O–H groups in total. The van der Waals surface area contributed by atoms with Crippen molar-refractivity contribution in [3.63, 3.8) is 0 Å². The molecule has 1 heterocycles. The molecule has 1 unspecified atom stereocenters. The standard InChI is InChI=1S/C10H14N2O/c1-6-4-8-7(2)11-12(3)9(8)5-10(6)13/h6H,4-5H2,1-3H3. The molecule has 0 bridgehead atoms. The van der Waals surface area contributed by atoms with Gasteiger partial charge in [0.2, 0.25) is 0 Å².